The fourth-order valence-electron chi connectivity index (χ4n) is 3.09. The van der Waals surface area contributed by atoms with Crippen molar-refractivity contribution in [3.63, 3.8) is 0 Å². The summed E-state index contributed by atoms with van der Waals surface area (Å²) in [5, 5.41) is 14.3. The molecule has 2 atom stereocenters. The Morgan fingerprint density at radius 3 is 2.59 bits per heavy atom. The Morgan fingerprint density at radius 1 is 1.10 bits per heavy atom. The van der Waals surface area contributed by atoms with Gasteiger partial charge in [0.2, 0.25) is 5.91 Å². The number of nitrogens with one attached hydrogen (secondary N) is 1. The highest BCUT2D eigenvalue weighted by Crippen LogP contribution is 2.32. The van der Waals surface area contributed by atoms with Crippen LogP contribution in [0.25, 0.3) is 10.8 Å². The van der Waals surface area contributed by atoms with Crippen molar-refractivity contribution in [3.8, 4) is 11.8 Å². The summed E-state index contributed by atoms with van der Waals surface area (Å²) in [5.74, 6) is 0.464. The zero-order valence-corrected chi connectivity index (χ0v) is 17.6. The minimum Gasteiger partial charge on any atom is -0.497 e. The van der Waals surface area contributed by atoms with E-state index in [1.54, 1.807) is 18.9 Å². The predicted molar refractivity (Wildman–Crippen MR) is 120 cm³/mol. The molecule has 29 heavy (non-hydrogen) atoms. The van der Waals surface area contributed by atoms with Crippen LogP contribution < -0.4 is 10.1 Å². The molecule has 0 aliphatic rings. The molecule has 0 unspecified atom stereocenters. The average Bonchev–Trinajstić information content (AvgIpc) is 2.74. The van der Waals surface area contributed by atoms with Gasteiger partial charge in [0.15, 0.2) is 0 Å². The average molecular weight is 405 g/mol. The summed E-state index contributed by atoms with van der Waals surface area (Å²) in [6, 6.07) is 21.9. The number of amides is 1. The van der Waals surface area contributed by atoms with Crippen molar-refractivity contribution < 1.29 is 9.53 Å². The molecule has 0 fully saturated rings. The number of methoxy groups -OCH3 is 1. The van der Waals surface area contributed by atoms with Crippen molar-refractivity contribution >= 4 is 34.1 Å². The van der Waals surface area contributed by atoms with E-state index in [2.05, 4.69) is 17.5 Å². The van der Waals surface area contributed by atoms with E-state index in [0.29, 0.717) is 6.42 Å². The molecule has 0 aromatic heterocycles. The monoisotopic (exact) mass is 404 g/mol. The molecule has 0 radical (unpaired) electrons. The number of para-hydroxylation sites is 1. The Balaban J connectivity index is 1.77. The summed E-state index contributed by atoms with van der Waals surface area (Å²) >= 11 is 1.60. The minimum absolute atomic E-state index is 0.0566. The van der Waals surface area contributed by atoms with Crippen LogP contribution in [0.1, 0.15) is 31.7 Å². The number of nitrogens with zero attached hydrogens (tertiary/aromatic N) is 1. The van der Waals surface area contributed by atoms with Crippen LogP contribution >= 0.6 is 11.8 Å². The molecule has 5 heteroatoms. The number of rotatable bonds is 7. The van der Waals surface area contributed by atoms with E-state index < -0.39 is 0 Å². The van der Waals surface area contributed by atoms with Crippen LogP contribution in [0.2, 0.25) is 0 Å². The molecule has 3 aromatic rings. The first kappa shape index (κ1) is 20.8. The molecule has 148 valence electrons. The smallest absolute Gasteiger partial charge is 0.231 e. The summed E-state index contributed by atoms with van der Waals surface area (Å²) < 4.78 is 5.27. The molecule has 0 saturated heterocycles. The lowest BCUT2D eigenvalue weighted by Gasteiger charge is -2.17. The standard InChI is InChI=1S/C24H24N2O2S/c1-16(12-13-25)29-23-7-5-4-6-22(23)26-24(27)17(2)18-8-9-20-15-21(28-3)11-10-19(20)14-18/h4-11,14-17H,12H2,1-3H3,(H,26,27)/t16-,17+/m1/s1. The Labute approximate surface area is 175 Å². The third-order valence-electron chi connectivity index (χ3n) is 4.82. The molecule has 0 aliphatic carbocycles. The summed E-state index contributed by atoms with van der Waals surface area (Å²) in [6.07, 6.45) is 0.464. The number of ether oxygens (including phenoxy) is 1. The van der Waals surface area contributed by atoms with Gasteiger partial charge in [0.1, 0.15) is 5.75 Å². The van der Waals surface area contributed by atoms with Crippen LogP contribution in [0, 0.1) is 11.3 Å². The summed E-state index contributed by atoms with van der Waals surface area (Å²) in [5.41, 5.74) is 1.74. The van der Waals surface area contributed by atoms with Gasteiger partial charge in [-0.1, -0.05) is 43.3 Å². The number of carbonyl (C=O) groups is 1. The topological polar surface area (TPSA) is 62.1 Å². The van der Waals surface area contributed by atoms with Gasteiger partial charge in [-0.2, -0.15) is 5.26 Å². The fourth-order valence-corrected chi connectivity index (χ4v) is 4.09. The van der Waals surface area contributed by atoms with Crippen LogP contribution in [-0.4, -0.2) is 18.3 Å². The molecule has 0 bridgehead atoms. The van der Waals surface area contributed by atoms with Crippen molar-refractivity contribution in [1.82, 2.24) is 0 Å². The van der Waals surface area contributed by atoms with E-state index in [-0.39, 0.29) is 17.1 Å². The third-order valence-corrected chi connectivity index (χ3v) is 6.00. The number of hydrogen-bond donors (Lipinski definition) is 1. The van der Waals surface area contributed by atoms with Crippen molar-refractivity contribution in [2.24, 2.45) is 0 Å². The highest BCUT2D eigenvalue weighted by atomic mass is 32.2. The molecule has 1 N–H and O–H groups in total. The van der Waals surface area contributed by atoms with Gasteiger partial charge in [-0.05, 0) is 47.5 Å². The number of thioether (sulfide) groups is 1. The van der Waals surface area contributed by atoms with Gasteiger partial charge < -0.3 is 10.1 Å². The van der Waals surface area contributed by atoms with Crippen LogP contribution in [0.4, 0.5) is 5.69 Å². The van der Waals surface area contributed by atoms with E-state index in [4.69, 9.17) is 10.00 Å². The van der Waals surface area contributed by atoms with Gasteiger partial charge in [0.25, 0.3) is 0 Å². The van der Waals surface area contributed by atoms with Gasteiger partial charge in [0, 0.05) is 16.6 Å². The summed E-state index contributed by atoms with van der Waals surface area (Å²) in [4.78, 5) is 13.9. The first-order chi connectivity index (χ1) is 14.0. The Bertz CT molecular complexity index is 1060. The molecule has 0 aliphatic heterocycles. The van der Waals surface area contributed by atoms with Gasteiger partial charge in [-0.15, -0.1) is 11.8 Å². The Kier molecular flexibility index (Phi) is 6.79. The zero-order valence-electron chi connectivity index (χ0n) is 16.8. The number of nitriles is 1. The molecular formula is C24H24N2O2S. The number of benzene rings is 3. The van der Waals surface area contributed by atoms with Crippen molar-refractivity contribution in [2.45, 2.75) is 36.3 Å². The first-order valence-electron chi connectivity index (χ1n) is 9.53. The van der Waals surface area contributed by atoms with Gasteiger partial charge in [0.05, 0.1) is 24.8 Å². The van der Waals surface area contributed by atoms with Crippen molar-refractivity contribution in [1.29, 1.82) is 5.26 Å². The molecule has 1 amide bonds. The quantitative estimate of drug-likeness (QED) is 0.492. The third kappa shape index (κ3) is 5.10. The summed E-state index contributed by atoms with van der Waals surface area (Å²) in [6.45, 7) is 3.92. The highest BCUT2D eigenvalue weighted by Gasteiger charge is 2.18. The van der Waals surface area contributed by atoms with E-state index in [1.165, 1.54) is 0 Å². The number of carbonyl (C=O) groups excluding carboxylic acids is 1. The van der Waals surface area contributed by atoms with E-state index in [0.717, 1.165) is 32.7 Å². The summed E-state index contributed by atoms with van der Waals surface area (Å²) in [7, 11) is 1.65. The van der Waals surface area contributed by atoms with Crippen LogP contribution in [0.15, 0.2) is 65.6 Å². The Hall–Kier alpha value is -2.97. The van der Waals surface area contributed by atoms with Gasteiger partial charge in [-0.25, -0.2) is 0 Å². The highest BCUT2D eigenvalue weighted by molar-refractivity contribution is 8.00. The second-order valence-corrected chi connectivity index (χ2v) is 8.45. The van der Waals surface area contributed by atoms with Crippen LogP contribution in [0.3, 0.4) is 0 Å². The maximum Gasteiger partial charge on any atom is 0.231 e. The van der Waals surface area contributed by atoms with Gasteiger partial charge in [-0.3, -0.25) is 4.79 Å². The van der Waals surface area contributed by atoms with E-state index in [1.807, 2.05) is 68.4 Å². The van der Waals surface area contributed by atoms with Crippen LogP contribution in [0.5, 0.6) is 5.75 Å². The van der Waals surface area contributed by atoms with Crippen molar-refractivity contribution in [2.75, 3.05) is 12.4 Å². The molecule has 3 aromatic carbocycles. The lowest BCUT2D eigenvalue weighted by atomic mass is 9.97. The maximum atomic E-state index is 12.9. The fraction of sp³-hybridized carbons (Fsp3) is 0.250. The number of fused-ring (bicyclic) bond motifs is 1. The SMILES string of the molecule is COc1ccc2cc([C@H](C)C(=O)Nc3ccccc3S[C@H](C)CC#N)ccc2c1. The molecular weight excluding hydrogens is 380 g/mol. The second kappa shape index (κ2) is 9.49. The lowest BCUT2D eigenvalue weighted by Crippen LogP contribution is -2.19. The normalized spacial score (nSPS) is 12.8. The second-order valence-electron chi connectivity index (χ2n) is 6.97. The van der Waals surface area contributed by atoms with E-state index in [9.17, 15) is 4.79 Å². The predicted octanol–water partition coefficient (Wildman–Crippen LogP) is 5.98. The first-order valence-corrected chi connectivity index (χ1v) is 10.4. The van der Waals surface area contributed by atoms with Gasteiger partial charge >= 0.3 is 0 Å². The lowest BCUT2D eigenvalue weighted by molar-refractivity contribution is -0.117. The largest absolute Gasteiger partial charge is 0.497 e. The number of anilines is 1. The molecule has 4 nitrogen and oxygen atoms in total. The molecule has 0 heterocycles. The Morgan fingerprint density at radius 2 is 1.83 bits per heavy atom. The van der Waals surface area contributed by atoms with Crippen molar-refractivity contribution in [3.05, 3.63) is 66.2 Å². The number of hydrogen-bond acceptors (Lipinski definition) is 4. The van der Waals surface area contributed by atoms with Crippen LogP contribution in [-0.2, 0) is 4.79 Å². The maximum absolute atomic E-state index is 12.9. The molecule has 3 rings (SSSR count). The molecule has 0 saturated carbocycles. The van der Waals surface area contributed by atoms with E-state index >= 15 is 0 Å². The zero-order chi connectivity index (χ0) is 20.8. The minimum atomic E-state index is -0.295. The molecule has 0 spiro atoms.